The molecule has 0 N–H and O–H groups in total. The molecule has 23 heavy (non-hydrogen) atoms. The van der Waals surface area contributed by atoms with Gasteiger partial charge in [0.05, 0.1) is 7.05 Å². The molecule has 2 rings (SSSR count). The SMILES string of the molecule is C=C(OCCn1cc[n+](C)c1)c1ccc(F)cc1.F[B-](F)(F)F. The molecule has 0 aliphatic rings. The molecule has 0 aliphatic carbocycles. The fraction of sp³-hybridized carbons (Fsp3) is 0.214. The van der Waals surface area contributed by atoms with E-state index in [0.717, 1.165) is 12.1 Å². The van der Waals surface area contributed by atoms with E-state index in [9.17, 15) is 21.7 Å². The monoisotopic (exact) mass is 334 g/mol. The first-order valence-electron chi connectivity index (χ1n) is 6.61. The molecule has 0 unspecified atom stereocenters. The van der Waals surface area contributed by atoms with Crippen LogP contribution in [0.25, 0.3) is 5.76 Å². The van der Waals surface area contributed by atoms with Gasteiger partial charge in [0.15, 0.2) is 0 Å². The van der Waals surface area contributed by atoms with Gasteiger partial charge in [-0.25, -0.2) is 13.5 Å². The fourth-order valence-electron chi connectivity index (χ4n) is 1.63. The summed E-state index contributed by atoms with van der Waals surface area (Å²) >= 11 is 0. The summed E-state index contributed by atoms with van der Waals surface area (Å²) in [7, 11) is -4.03. The summed E-state index contributed by atoms with van der Waals surface area (Å²) in [5, 5.41) is 0. The average Bonchev–Trinajstić information content (AvgIpc) is 2.83. The van der Waals surface area contributed by atoms with Gasteiger partial charge in [0, 0.05) is 5.56 Å². The van der Waals surface area contributed by atoms with Crippen molar-refractivity contribution < 1.29 is 31.0 Å². The Labute approximate surface area is 130 Å². The average molecular weight is 334 g/mol. The molecule has 0 amide bonds. The Kier molecular flexibility index (Phi) is 6.80. The van der Waals surface area contributed by atoms with Crippen LogP contribution in [0.3, 0.4) is 0 Å². The Morgan fingerprint density at radius 1 is 1.22 bits per heavy atom. The van der Waals surface area contributed by atoms with Crippen LogP contribution in [0.2, 0.25) is 0 Å². The lowest BCUT2D eigenvalue weighted by molar-refractivity contribution is -0.671. The van der Waals surface area contributed by atoms with E-state index in [2.05, 4.69) is 6.58 Å². The highest BCUT2D eigenvalue weighted by Gasteiger charge is 2.20. The number of nitrogens with zero attached hydrogens (tertiary/aromatic N) is 2. The second kappa shape index (κ2) is 8.35. The summed E-state index contributed by atoms with van der Waals surface area (Å²) in [6.45, 7) is 5.12. The molecule has 2 aromatic rings. The quantitative estimate of drug-likeness (QED) is 0.355. The van der Waals surface area contributed by atoms with Crippen LogP contribution in [-0.4, -0.2) is 18.4 Å². The van der Waals surface area contributed by atoms with Crippen molar-refractivity contribution in [3.05, 3.63) is 60.9 Å². The molecule has 1 heterocycles. The molecular formula is C14H16BF5N2O. The molecule has 0 saturated carbocycles. The topological polar surface area (TPSA) is 18.0 Å². The number of rotatable bonds is 5. The number of aromatic nitrogens is 2. The van der Waals surface area contributed by atoms with Crippen LogP contribution in [0.4, 0.5) is 21.7 Å². The van der Waals surface area contributed by atoms with Gasteiger partial charge in [-0.15, -0.1) is 0 Å². The summed E-state index contributed by atoms with van der Waals surface area (Å²) in [5.74, 6) is 0.304. The van der Waals surface area contributed by atoms with Crippen molar-refractivity contribution in [3.63, 3.8) is 0 Å². The minimum atomic E-state index is -6.00. The predicted molar refractivity (Wildman–Crippen MR) is 77.2 cm³/mol. The summed E-state index contributed by atoms with van der Waals surface area (Å²) in [6, 6.07) is 6.12. The smallest absolute Gasteiger partial charge is 0.489 e. The van der Waals surface area contributed by atoms with E-state index in [1.807, 2.05) is 34.9 Å². The molecule has 0 atom stereocenters. The third-order valence-electron chi connectivity index (χ3n) is 2.62. The first kappa shape index (κ1) is 18.7. The third-order valence-corrected chi connectivity index (χ3v) is 2.62. The van der Waals surface area contributed by atoms with Crippen LogP contribution in [0.15, 0.2) is 49.6 Å². The Bertz CT molecular complexity index is 619. The van der Waals surface area contributed by atoms with Crippen LogP contribution in [-0.2, 0) is 18.3 Å². The van der Waals surface area contributed by atoms with Gasteiger partial charge in [-0.1, -0.05) is 6.58 Å². The maximum atomic E-state index is 12.7. The summed E-state index contributed by atoms with van der Waals surface area (Å²) in [4.78, 5) is 0. The van der Waals surface area contributed by atoms with Gasteiger partial charge in [-0.05, 0) is 24.3 Å². The molecule has 0 aliphatic heterocycles. The first-order valence-corrected chi connectivity index (χ1v) is 6.61. The van der Waals surface area contributed by atoms with Gasteiger partial charge in [0.25, 0.3) is 0 Å². The van der Waals surface area contributed by atoms with Gasteiger partial charge in [0.1, 0.15) is 37.1 Å². The van der Waals surface area contributed by atoms with E-state index in [0.29, 0.717) is 12.4 Å². The number of aryl methyl sites for hydroxylation is 1. The molecule has 0 radical (unpaired) electrons. The highest BCUT2D eigenvalue weighted by Crippen LogP contribution is 2.14. The first-order chi connectivity index (χ1) is 10.6. The van der Waals surface area contributed by atoms with Crippen LogP contribution < -0.4 is 4.57 Å². The molecule has 0 fully saturated rings. The Hall–Kier alpha value is -2.32. The van der Waals surface area contributed by atoms with Crippen LogP contribution in [0, 0.1) is 5.82 Å². The summed E-state index contributed by atoms with van der Waals surface area (Å²) in [6.07, 6.45) is 5.92. The summed E-state index contributed by atoms with van der Waals surface area (Å²) < 4.78 is 61.3. The van der Waals surface area contributed by atoms with Crippen LogP contribution >= 0.6 is 0 Å². The third kappa shape index (κ3) is 8.65. The number of halogens is 5. The van der Waals surface area contributed by atoms with Crippen molar-refractivity contribution in [3.8, 4) is 0 Å². The Balaban J connectivity index is 0.000000463. The van der Waals surface area contributed by atoms with Crippen molar-refractivity contribution in [1.82, 2.24) is 4.57 Å². The predicted octanol–water partition coefficient (Wildman–Crippen LogP) is 3.44. The van der Waals surface area contributed by atoms with Gasteiger partial charge >= 0.3 is 7.25 Å². The lowest BCUT2D eigenvalue weighted by Crippen LogP contribution is -2.24. The van der Waals surface area contributed by atoms with E-state index in [4.69, 9.17) is 4.74 Å². The number of benzene rings is 1. The fourth-order valence-corrected chi connectivity index (χ4v) is 1.63. The van der Waals surface area contributed by atoms with Crippen molar-refractivity contribution in [2.24, 2.45) is 7.05 Å². The number of hydrogen-bond acceptors (Lipinski definition) is 1. The summed E-state index contributed by atoms with van der Waals surface area (Å²) in [5.41, 5.74) is 0.800. The zero-order valence-corrected chi connectivity index (χ0v) is 12.4. The van der Waals surface area contributed by atoms with Crippen LogP contribution in [0.1, 0.15) is 5.56 Å². The second-order valence-corrected chi connectivity index (χ2v) is 4.59. The zero-order valence-electron chi connectivity index (χ0n) is 12.4. The lowest BCUT2D eigenvalue weighted by atomic mass is 10.2. The maximum Gasteiger partial charge on any atom is 0.673 e. The van der Waals surface area contributed by atoms with E-state index >= 15 is 0 Å². The molecule has 9 heteroatoms. The molecule has 1 aromatic carbocycles. The second-order valence-electron chi connectivity index (χ2n) is 4.59. The van der Waals surface area contributed by atoms with E-state index in [1.165, 1.54) is 12.1 Å². The van der Waals surface area contributed by atoms with Gasteiger partial charge in [-0.2, -0.15) is 0 Å². The highest BCUT2D eigenvalue weighted by atomic mass is 19.5. The minimum Gasteiger partial charge on any atom is -0.489 e. The molecule has 126 valence electrons. The number of hydrogen-bond donors (Lipinski definition) is 0. The van der Waals surface area contributed by atoms with Crippen LogP contribution in [0.5, 0.6) is 0 Å². The van der Waals surface area contributed by atoms with Gasteiger partial charge in [-0.3, -0.25) is 0 Å². The van der Waals surface area contributed by atoms with E-state index < -0.39 is 7.25 Å². The zero-order chi connectivity index (χ0) is 17.5. The normalized spacial score (nSPS) is 10.7. The Morgan fingerprint density at radius 2 is 1.78 bits per heavy atom. The van der Waals surface area contributed by atoms with Crippen molar-refractivity contribution in [2.45, 2.75) is 6.54 Å². The largest absolute Gasteiger partial charge is 0.673 e. The van der Waals surface area contributed by atoms with Crippen molar-refractivity contribution in [2.75, 3.05) is 6.61 Å². The molecular weight excluding hydrogens is 318 g/mol. The molecule has 0 saturated heterocycles. The van der Waals surface area contributed by atoms with E-state index in [-0.39, 0.29) is 5.82 Å². The minimum absolute atomic E-state index is 0.258. The number of imidazole rings is 1. The molecule has 0 spiro atoms. The number of ether oxygens (including phenoxy) is 1. The van der Waals surface area contributed by atoms with Crippen molar-refractivity contribution >= 4 is 13.0 Å². The molecule has 3 nitrogen and oxygen atoms in total. The molecule has 0 bridgehead atoms. The maximum absolute atomic E-state index is 12.7. The van der Waals surface area contributed by atoms with Gasteiger partial charge < -0.3 is 22.0 Å². The Morgan fingerprint density at radius 3 is 2.26 bits per heavy atom. The van der Waals surface area contributed by atoms with Gasteiger partial charge in [0.2, 0.25) is 6.33 Å². The highest BCUT2D eigenvalue weighted by molar-refractivity contribution is 6.50. The lowest BCUT2D eigenvalue weighted by Gasteiger charge is -2.07. The standard InChI is InChI=1S/C14H16FN2O.BF4/c1-12(13-3-5-14(15)6-4-13)18-10-9-17-8-7-16(2)11-17;2-1(3,4)5/h3-8,11H,1,9-10H2,2H3;/q+1;-1. The van der Waals surface area contributed by atoms with Crippen molar-refractivity contribution in [1.29, 1.82) is 0 Å². The van der Waals surface area contributed by atoms with E-state index in [1.54, 1.807) is 12.1 Å². The molecule has 1 aromatic heterocycles.